The fourth-order valence-corrected chi connectivity index (χ4v) is 5.04. The van der Waals surface area contributed by atoms with Gasteiger partial charge in [0.25, 0.3) is 5.91 Å². The third-order valence-electron chi connectivity index (χ3n) is 7.04. The number of likely N-dealkylation sites (tertiary alicyclic amines) is 1. The van der Waals surface area contributed by atoms with Gasteiger partial charge in [0.05, 0.1) is 5.56 Å². The first kappa shape index (κ1) is 27.2. The second-order valence-electron chi connectivity index (χ2n) is 10.8. The number of nitrogens with two attached hydrogens (primary N) is 1. The number of rotatable bonds is 5. The van der Waals surface area contributed by atoms with Crippen LogP contribution in [-0.2, 0) is 4.74 Å². The summed E-state index contributed by atoms with van der Waals surface area (Å²) in [5, 5.41) is 0. The Balaban J connectivity index is 1.69. The van der Waals surface area contributed by atoms with Gasteiger partial charge in [0, 0.05) is 50.1 Å². The number of amides is 3. The Kier molecular flexibility index (Phi) is 7.54. The molecule has 4 rings (SSSR count). The highest BCUT2D eigenvalue weighted by Gasteiger charge is 2.41. The van der Waals surface area contributed by atoms with Crippen molar-refractivity contribution >= 4 is 23.5 Å². The van der Waals surface area contributed by atoms with Gasteiger partial charge in [0.1, 0.15) is 17.0 Å². The number of carbonyl (C=O) groups is 3. The van der Waals surface area contributed by atoms with E-state index in [-0.39, 0.29) is 12.0 Å². The second-order valence-corrected chi connectivity index (χ2v) is 10.8. The molecule has 8 heteroatoms. The maximum atomic E-state index is 12.8. The molecular formula is C30H37N3O5. The number of fused-ring (bicyclic) bond motifs is 1. The van der Waals surface area contributed by atoms with Crippen LogP contribution < -0.4 is 10.5 Å². The standard InChI is InChI=1S/C30H37N3O5/c1-6-32(7-2)27(35)21-13-11-20(12-14-21)23-19-30(37-24-10-8-9-22(25(23)24)26(31)34)15-17-33(18-16-30)28(36)38-29(3,4)5/h8-14,19H,6-7,15-18H2,1-5H3,(H2,31,34). The lowest BCUT2D eigenvalue weighted by atomic mass is 9.81. The lowest BCUT2D eigenvalue weighted by Crippen LogP contribution is -2.50. The molecule has 1 spiro atoms. The molecule has 0 atom stereocenters. The van der Waals surface area contributed by atoms with E-state index in [2.05, 4.69) is 6.08 Å². The van der Waals surface area contributed by atoms with Crippen LogP contribution in [0.2, 0.25) is 0 Å². The van der Waals surface area contributed by atoms with Gasteiger partial charge in [-0.25, -0.2) is 4.79 Å². The van der Waals surface area contributed by atoms with Crippen LogP contribution in [0.15, 0.2) is 48.5 Å². The number of hydrogen-bond donors (Lipinski definition) is 1. The summed E-state index contributed by atoms with van der Waals surface area (Å²) >= 11 is 0. The van der Waals surface area contributed by atoms with Crippen molar-refractivity contribution in [2.24, 2.45) is 5.73 Å². The number of carbonyl (C=O) groups excluding carboxylic acids is 3. The Bertz CT molecular complexity index is 1250. The highest BCUT2D eigenvalue weighted by molar-refractivity contribution is 6.02. The Morgan fingerprint density at radius 3 is 2.21 bits per heavy atom. The Labute approximate surface area is 224 Å². The Morgan fingerprint density at radius 1 is 1.03 bits per heavy atom. The largest absolute Gasteiger partial charge is 0.482 e. The van der Waals surface area contributed by atoms with Crippen molar-refractivity contribution in [1.29, 1.82) is 0 Å². The molecule has 2 heterocycles. The zero-order valence-electron chi connectivity index (χ0n) is 22.9. The summed E-state index contributed by atoms with van der Waals surface area (Å²) in [5.41, 5.74) is 7.82. The van der Waals surface area contributed by atoms with Gasteiger partial charge in [-0.3, -0.25) is 9.59 Å². The van der Waals surface area contributed by atoms with Crippen LogP contribution >= 0.6 is 0 Å². The molecule has 0 aromatic heterocycles. The van der Waals surface area contributed by atoms with Crippen LogP contribution in [0.3, 0.4) is 0 Å². The predicted molar refractivity (Wildman–Crippen MR) is 146 cm³/mol. The van der Waals surface area contributed by atoms with Gasteiger partial charge in [0.15, 0.2) is 0 Å². The molecule has 8 nitrogen and oxygen atoms in total. The average molecular weight is 520 g/mol. The minimum atomic E-state index is -0.660. The van der Waals surface area contributed by atoms with Crippen LogP contribution in [0, 0.1) is 0 Å². The third-order valence-corrected chi connectivity index (χ3v) is 7.04. The average Bonchev–Trinajstić information content (AvgIpc) is 2.88. The van der Waals surface area contributed by atoms with Crippen LogP contribution in [0.25, 0.3) is 5.57 Å². The SMILES string of the molecule is CCN(CC)C(=O)c1ccc(C2=CC3(CCN(C(=O)OC(C)(C)C)CC3)Oc3cccc(C(N)=O)c32)cc1. The summed E-state index contributed by atoms with van der Waals surface area (Å²) in [6, 6.07) is 12.7. The molecule has 0 radical (unpaired) electrons. The lowest BCUT2D eigenvalue weighted by molar-refractivity contribution is -0.00122. The zero-order valence-corrected chi connectivity index (χ0v) is 22.9. The van der Waals surface area contributed by atoms with Crippen molar-refractivity contribution in [3.63, 3.8) is 0 Å². The number of piperidine rings is 1. The molecule has 1 fully saturated rings. The molecule has 2 aliphatic heterocycles. The van der Waals surface area contributed by atoms with Gasteiger partial charge in [-0.2, -0.15) is 0 Å². The first-order valence-electron chi connectivity index (χ1n) is 13.2. The maximum Gasteiger partial charge on any atom is 0.410 e. The fraction of sp³-hybridized carbons (Fsp3) is 0.433. The molecule has 1 saturated heterocycles. The molecule has 2 aromatic rings. The fourth-order valence-electron chi connectivity index (χ4n) is 5.04. The predicted octanol–water partition coefficient (Wildman–Crippen LogP) is 4.86. The zero-order chi connectivity index (χ0) is 27.7. The van der Waals surface area contributed by atoms with Crippen molar-refractivity contribution in [1.82, 2.24) is 9.80 Å². The summed E-state index contributed by atoms with van der Waals surface area (Å²) in [5.74, 6) is 0.0138. The summed E-state index contributed by atoms with van der Waals surface area (Å²) in [6.07, 6.45) is 2.84. The van der Waals surface area contributed by atoms with Crippen LogP contribution in [-0.4, -0.2) is 65.1 Å². The minimum absolute atomic E-state index is 0.0216. The number of hydrogen-bond acceptors (Lipinski definition) is 5. The van der Waals surface area contributed by atoms with E-state index in [1.54, 1.807) is 21.9 Å². The summed E-state index contributed by atoms with van der Waals surface area (Å²) < 4.78 is 12.1. The molecule has 2 aromatic carbocycles. The van der Waals surface area contributed by atoms with E-state index in [4.69, 9.17) is 15.2 Å². The van der Waals surface area contributed by atoms with E-state index >= 15 is 0 Å². The molecular weight excluding hydrogens is 482 g/mol. The maximum absolute atomic E-state index is 12.8. The molecule has 202 valence electrons. The van der Waals surface area contributed by atoms with E-state index in [1.165, 1.54) is 0 Å². The number of primary amides is 1. The highest BCUT2D eigenvalue weighted by Crippen LogP contribution is 2.45. The first-order chi connectivity index (χ1) is 18.0. The van der Waals surface area contributed by atoms with E-state index < -0.39 is 17.1 Å². The molecule has 3 amide bonds. The van der Waals surface area contributed by atoms with Gasteiger partial charge in [-0.15, -0.1) is 0 Å². The third kappa shape index (κ3) is 5.54. The Hall–Kier alpha value is -3.81. The highest BCUT2D eigenvalue weighted by atomic mass is 16.6. The summed E-state index contributed by atoms with van der Waals surface area (Å²) in [4.78, 5) is 41.3. The smallest absolute Gasteiger partial charge is 0.410 e. The number of ether oxygens (including phenoxy) is 2. The lowest BCUT2D eigenvalue weighted by Gasteiger charge is -2.43. The van der Waals surface area contributed by atoms with E-state index in [1.807, 2.05) is 65.0 Å². The molecule has 0 aliphatic carbocycles. The van der Waals surface area contributed by atoms with Gasteiger partial charge in [-0.05, 0) is 76.1 Å². The van der Waals surface area contributed by atoms with Gasteiger partial charge in [0.2, 0.25) is 5.91 Å². The molecule has 2 N–H and O–H groups in total. The van der Waals surface area contributed by atoms with E-state index in [9.17, 15) is 14.4 Å². The van der Waals surface area contributed by atoms with Crippen molar-refractivity contribution in [2.45, 2.75) is 58.7 Å². The Morgan fingerprint density at radius 2 is 1.66 bits per heavy atom. The van der Waals surface area contributed by atoms with Crippen LogP contribution in [0.5, 0.6) is 5.75 Å². The number of nitrogens with zero attached hydrogens (tertiary/aromatic N) is 2. The monoisotopic (exact) mass is 519 g/mol. The van der Waals surface area contributed by atoms with Crippen molar-refractivity contribution < 1.29 is 23.9 Å². The van der Waals surface area contributed by atoms with E-state index in [0.29, 0.717) is 61.5 Å². The van der Waals surface area contributed by atoms with Crippen LogP contribution in [0.4, 0.5) is 4.79 Å². The first-order valence-corrected chi connectivity index (χ1v) is 13.2. The quantitative estimate of drug-likeness (QED) is 0.608. The van der Waals surface area contributed by atoms with Crippen molar-refractivity contribution in [2.75, 3.05) is 26.2 Å². The second kappa shape index (κ2) is 10.5. The minimum Gasteiger partial charge on any atom is -0.482 e. The number of benzene rings is 2. The molecule has 38 heavy (non-hydrogen) atoms. The van der Waals surface area contributed by atoms with Gasteiger partial charge >= 0.3 is 6.09 Å². The molecule has 0 unspecified atom stereocenters. The van der Waals surface area contributed by atoms with Gasteiger partial charge in [-0.1, -0.05) is 18.2 Å². The molecule has 0 saturated carbocycles. The molecule has 0 bridgehead atoms. The van der Waals surface area contributed by atoms with Crippen molar-refractivity contribution in [3.8, 4) is 5.75 Å². The topological polar surface area (TPSA) is 102 Å². The summed E-state index contributed by atoms with van der Waals surface area (Å²) in [6.45, 7) is 11.7. The molecule has 2 aliphatic rings. The van der Waals surface area contributed by atoms with Gasteiger partial charge < -0.3 is 25.0 Å². The van der Waals surface area contributed by atoms with E-state index in [0.717, 1.165) is 11.1 Å². The normalized spacial score (nSPS) is 16.2. The summed E-state index contributed by atoms with van der Waals surface area (Å²) in [7, 11) is 0. The van der Waals surface area contributed by atoms with Crippen LogP contribution in [0.1, 0.15) is 79.3 Å². The van der Waals surface area contributed by atoms with Crippen molar-refractivity contribution in [3.05, 3.63) is 70.8 Å².